The number of rotatable bonds is 5. The van der Waals surface area contributed by atoms with Crippen molar-refractivity contribution in [3.05, 3.63) is 36.0 Å². The Hall–Kier alpha value is -2.87. The van der Waals surface area contributed by atoms with Gasteiger partial charge in [0.25, 0.3) is 5.91 Å². The van der Waals surface area contributed by atoms with E-state index < -0.39 is 17.5 Å². The fourth-order valence-corrected chi connectivity index (χ4v) is 4.71. The Morgan fingerprint density at radius 3 is 2.79 bits per heavy atom. The summed E-state index contributed by atoms with van der Waals surface area (Å²) >= 11 is 0. The maximum Gasteiger partial charge on any atom is 0.325 e. The Bertz CT molecular complexity index is 984. The first kappa shape index (κ1) is 19.4. The van der Waals surface area contributed by atoms with Crippen LogP contribution in [0.2, 0.25) is 0 Å². The Morgan fingerprint density at radius 2 is 2.03 bits per heavy atom. The standard InChI is InChI=1S/C21H26N4O4/c1-4-29-18(26)9-10-25-19(27)21(22-20(25)28)13-23(2)12-16(21)15-11-24(3)17-8-6-5-7-14(15)17/h5-8,11,16H,4,9-10,12-13H2,1-3H3,(H,22,28)/t16-,21-/m0/s1. The number of aryl methyl sites for hydroxylation is 1. The van der Waals surface area contributed by atoms with Crippen LogP contribution in [0.4, 0.5) is 4.79 Å². The number of para-hydroxylation sites is 1. The van der Waals surface area contributed by atoms with Crippen LogP contribution in [0.15, 0.2) is 30.5 Å². The first-order chi connectivity index (χ1) is 13.9. The van der Waals surface area contributed by atoms with Gasteiger partial charge in [0.05, 0.1) is 13.0 Å². The van der Waals surface area contributed by atoms with Gasteiger partial charge in [-0.1, -0.05) is 18.2 Å². The molecule has 4 rings (SSSR count). The fourth-order valence-electron chi connectivity index (χ4n) is 4.71. The second-order valence-corrected chi connectivity index (χ2v) is 7.88. The molecular weight excluding hydrogens is 372 g/mol. The lowest BCUT2D eigenvalue weighted by Gasteiger charge is -2.27. The molecule has 0 bridgehead atoms. The lowest BCUT2D eigenvalue weighted by molar-refractivity contribution is -0.143. The second kappa shape index (κ2) is 7.18. The SMILES string of the molecule is CCOC(=O)CCN1C(=O)N[C@]2(CN(C)C[C@H]2c2cn(C)c3ccccc23)C1=O. The van der Waals surface area contributed by atoms with Gasteiger partial charge in [-0.2, -0.15) is 0 Å². The third-order valence-corrected chi connectivity index (χ3v) is 5.96. The number of imide groups is 1. The van der Waals surface area contributed by atoms with Crippen LogP contribution in [0, 0.1) is 0 Å². The Morgan fingerprint density at radius 1 is 1.28 bits per heavy atom. The van der Waals surface area contributed by atoms with E-state index in [4.69, 9.17) is 4.74 Å². The molecule has 2 aliphatic heterocycles. The first-order valence-electron chi connectivity index (χ1n) is 9.89. The van der Waals surface area contributed by atoms with Crippen molar-refractivity contribution in [2.24, 2.45) is 7.05 Å². The van der Waals surface area contributed by atoms with Gasteiger partial charge in [0, 0.05) is 49.7 Å². The number of hydrogen-bond acceptors (Lipinski definition) is 5. The van der Waals surface area contributed by atoms with Gasteiger partial charge in [0.1, 0.15) is 5.54 Å². The molecule has 29 heavy (non-hydrogen) atoms. The van der Waals surface area contributed by atoms with Crippen LogP contribution in [0.1, 0.15) is 24.8 Å². The van der Waals surface area contributed by atoms with Crippen LogP contribution >= 0.6 is 0 Å². The molecule has 1 spiro atoms. The summed E-state index contributed by atoms with van der Waals surface area (Å²) in [6.45, 7) is 3.12. The lowest BCUT2D eigenvalue weighted by Crippen LogP contribution is -2.52. The molecule has 8 nitrogen and oxygen atoms in total. The molecule has 0 radical (unpaired) electrons. The molecule has 3 heterocycles. The number of nitrogens with zero attached hydrogens (tertiary/aromatic N) is 3. The van der Waals surface area contributed by atoms with E-state index in [1.807, 2.05) is 32.3 Å². The van der Waals surface area contributed by atoms with Crippen LogP contribution in [-0.4, -0.2) is 71.1 Å². The number of esters is 1. The van der Waals surface area contributed by atoms with E-state index in [0.29, 0.717) is 13.1 Å². The minimum Gasteiger partial charge on any atom is -0.466 e. The van der Waals surface area contributed by atoms with Crippen LogP contribution in [0.25, 0.3) is 10.9 Å². The summed E-state index contributed by atoms with van der Waals surface area (Å²) in [4.78, 5) is 41.1. The van der Waals surface area contributed by atoms with Crippen molar-refractivity contribution in [1.29, 1.82) is 0 Å². The molecule has 8 heteroatoms. The normalized spacial score (nSPS) is 24.7. The largest absolute Gasteiger partial charge is 0.466 e. The monoisotopic (exact) mass is 398 g/mol. The third kappa shape index (κ3) is 3.07. The van der Waals surface area contributed by atoms with Crippen LogP contribution < -0.4 is 5.32 Å². The third-order valence-electron chi connectivity index (χ3n) is 5.96. The number of amides is 3. The number of urea groups is 1. The summed E-state index contributed by atoms with van der Waals surface area (Å²) in [5, 5.41) is 4.06. The maximum atomic E-state index is 13.4. The maximum absolute atomic E-state index is 13.4. The Kier molecular flexibility index (Phi) is 4.82. The van der Waals surface area contributed by atoms with Gasteiger partial charge in [0.2, 0.25) is 0 Å². The predicted molar refractivity (Wildman–Crippen MR) is 107 cm³/mol. The molecule has 0 saturated carbocycles. The van der Waals surface area contributed by atoms with Gasteiger partial charge in [-0.15, -0.1) is 0 Å². The topological polar surface area (TPSA) is 83.9 Å². The number of carbonyl (C=O) groups is 3. The summed E-state index contributed by atoms with van der Waals surface area (Å²) < 4.78 is 6.98. The Balaban J connectivity index is 1.67. The highest BCUT2D eigenvalue weighted by Crippen LogP contribution is 2.42. The van der Waals surface area contributed by atoms with E-state index in [1.165, 1.54) is 0 Å². The number of hydrogen-bond donors (Lipinski definition) is 1. The minimum absolute atomic E-state index is 0.00213. The smallest absolute Gasteiger partial charge is 0.325 e. The lowest BCUT2D eigenvalue weighted by atomic mass is 9.81. The molecule has 0 aliphatic carbocycles. The van der Waals surface area contributed by atoms with Gasteiger partial charge >= 0.3 is 12.0 Å². The summed E-state index contributed by atoms with van der Waals surface area (Å²) in [6, 6.07) is 7.63. The van der Waals surface area contributed by atoms with Crippen molar-refractivity contribution < 1.29 is 19.1 Å². The van der Waals surface area contributed by atoms with Crippen molar-refractivity contribution >= 4 is 28.8 Å². The average Bonchev–Trinajstić information content (AvgIpc) is 3.27. The van der Waals surface area contributed by atoms with E-state index in [1.54, 1.807) is 6.92 Å². The molecular formula is C21H26N4O4. The van der Waals surface area contributed by atoms with Crippen molar-refractivity contribution in [3.63, 3.8) is 0 Å². The van der Waals surface area contributed by atoms with Crippen LogP contribution in [-0.2, 0) is 21.4 Å². The zero-order valence-electron chi connectivity index (χ0n) is 17.0. The van der Waals surface area contributed by atoms with E-state index in [9.17, 15) is 14.4 Å². The summed E-state index contributed by atoms with van der Waals surface area (Å²) in [7, 11) is 3.94. The number of nitrogens with one attached hydrogen (secondary N) is 1. The Labute approximate surface area is 169 Å². The number of likely N-dealkylation sites (N-methyl/N-ethyl adjacent to an activating group) is 1. The van der Waals surface area contributed by atoms with E-state index in [0.717, 1.165) is 21.4 Å². The molecule has 3 amide bonds. The van der Waals surface area contributed by atoms with Gasteiger partial charge in [-0.05, 0) is 25.6 Å². The minimum atomic E-state index is -1.02. The predicted octanol–water partition coefficient (Wildman–Crippen LogP) is 1.45. The number of likely N-dealkylation sites (tertiary alicyclic amines) is 1. The highest BCUT2D eigenvalue weighted by Gasteiger charge is 2.60. The number of ether oxygens (including phenoxy) is 1. The number of carbonyl (C=O) groups excluding carboxylic acids is 3. The molecule has 0 unspecified atom stereocenters. The quantitative estimate of drug-likeness (QED) is 0.609. The zero-order chi connectivity index (χ0) is 20.8. The van der Waals surface area contributed by atoms with Crippen LogP contribution in [0.5, 0.6) is 0 Å². The number of benzene rings is 1. The van der Waals surface area contributed by atoms with Crippen molar-refractivity contribution in [2.75, 3.05) is 33.3 Å². The van der Waals surface area contributed by atoms with Gasteiger partial charge < -0.3 is 19.5 Å². The van der Waals surface area contributed by atoms with Gasteiger partial charge in [-0.25, -0.2) is 4.79 Å². The van der Waals surface area contributed by atoms with E-state index in [-0.39, 0.29) is 31.4 Å². The fraction of sp³-hybridized carbons (Fsp3) is 0.476. The number of fused-ring (bicyclic) bond motifs is 1. The van der Waals surface area contributed by atoms with E-state index >= 15 is 0 Å². The van der Waals surface area contributed by atoms with E-state index in [2.05, 4.69) is 27.0 Å². The number of aromatic nitrogens is 1. The van der Waals surface area contributed by atoms with Crippen LogP contribution in [0.3, 0.4) is 0 Å². The molecule has 2 fully saturated rings. The summed E-state index contributed by atoms with van der Waals surface area (Å²) in [5.41, 5.74) is 1.11. The highest BCUT2D eigenvalue weighted by molar-refractivity contribution is 6.08. The summed E-state index contributed by atoms with van der Waals surface area (Å²) in [6.07, 6.45) is 2.05. The van der Waals surface area contributed by atoms with Crippen molar-refractivity contribution in [1.82, 2.24) is 19.7 Å². The molecule has 154 valence electrons. The molecule has 2 atom stereocenters. The molecule has 1 N–H and O–H groups in total. The molecule has 1 aromatic heterocycles. The molecule has 1 aromatic carbocycles. The van der Waals surface area contributed by atoms with Crippen molar-refractivity contribution in [2.45, 2.75) is 24.8 Å². The second-order valence-electron chi connectivity index (χ2n) is 7.88. The van der Waals surface area contributed by atoms with Gasteiger partial charge in [-0.3, -0.25) is 14.5 Å². The highest BCUT2D eigenvalue weighted by atomic mass is 16.5. The molecule has 2 aromatic rings. The molecule has 2 aliphatic rings. The first-order valence-corrected chi connectivity index (χ1v) is 9.89. The zero-order valence-corrected chi connectivity index (χ0v) is 17.0. The van der Waals surface area contributed by atoms with Crippen molar-refractivity contribution in [3.8, 4) is 0 Å². The van der Waals surface area contributed by atoms with Gasteiger partial charge in [0.15, 0.2) is 0 Å². The average molecular weight is 398 g/mol. The molecule has 2 saturated heterocycles. The summed E-state index contributed by atoms with van der Waals surface area (Å²) in [5.74, 6) is -0.861.